The molecule has 7 heteroatoms. The number of amides is 2. The van der Waals surface area contributed by atoms with Gasteiger partial charge in [-0.1, -0.05) is 11.6 Å². The molecule has 2 rings (SSSR count). The third-order valence-corrected chi connectivity index (χ3v) is 3.20. The second-order valence-electron chi connectivity index (χ2n) is 5.24. The summed E-state index contributed by atoms with van der Waals surface area (Å²) in [5.74, 6) is 0.260. The predicted molar refractivity (Wildman–Crippen MR) is 82.7 cm³/mol. The quantitative estimate of drug-likeness (QED) is 0.884. The molecular formula is C15H19ClN2O4. The summed E-state index contributed by atoms with van der Waals surface area (Å²) < 4.78 is 11.0. The lowest BCUT2D eigenvalue weighted by molar-refractivity contribution is -0.120. The maximum absolute atomic E-state index is 12.1. The summed E-state index contributed by atoms with van der Waals surface area (Å²) in [5, 5.41) is 5.56. The Bertz CT molecular complexity index is 575. The number of carbonyl (C=O) groups excluding carboxylic acids is 2. The van der Waals surface area contributed by atoms with Crippen LogP contribution in [0.5, 0.6) is 11.5 Å². The molecule has 1 aliphatic rings. The number of nitrogens with one attached hydrogen (secondary N) is 2. The van der Waals surface area contributed by atoms with Gasteiger partial charge in [0.15, 0.2) is 11.5 Å². The molecule has 0 saturated heterocycles. The van der Waals surface area contributed by atoms with E-state index in [1.165, 1.54) is 6.07 Å². The summed E-state index contributed by atoms with van der Waals surface area (Å²) in [4.78, 5) is 23.7. The number of carbonyl (C=O) groups is 2. The van der Waals surface area contributed by atoms with Crippen molar-refractivity contribution in [3.05, 3.63) is 22.7 Å². The van der Waals surface area contributed by atoms with Crippen LogP contribution in [-0.2, 0) is 4.79 Å². The van der Waals surface area contributed by atoms with Crippen molar-refractivity contribution >= 4 is 23.4 Å². The van der Waals surface area contributed by atoms with E-state index in [4.69, 9.17) is 21.1 Å². The first-order valence-corrected chi connectivity index (χ1v) is 7.52. The van der Waals surface area contributed by atoms with E-state index < -0.39 is 5.91 Å². The van der Waals surface area contributed by atoms with Gasteiger partial charge in [-0.05, 0) is 26.0 Å². The normalized spacial score (nSPS) is 13.5. The van der Waals surface area contributed by atoms with E-state index in [2.05, 4.69) is 10.6 Å². The Balaban J connectivity index is 2.05. The lowest BCUT2D eigenvalue weighted by Crippen LogP contribution is -2.39. The molecule has 0 fully saturated rings. The molecule has 0 spiro atoms. The number of ether oxygens (including phenoxy) is 2. The molecule has 22 heavy (non-hydrogen) atoms. The van der Waals surface area contributed by atoms with Crippen molar-refractivity contribution in [2.75, 3.05) is 19.8 Å². The molecule has 0 bridgehead atoms. The van der Waals surface area contributed by atoms with Gasteiger partial charge in [0.25, 0.3) is 5.91 Å². The van der Waals surface area contributed by atoms with Crippen LogP contribution in [0.25, 0.3) is 0 Å². The van der Waals surface area contributed by atoms with Crippen molar-refractivity contribution in [2.45, 2.75) is 26.3 Å². The van der Waals surface area contributed by atoms with Crippen LogP contribution in [0.3, 0.4) is 0 Å². The third kappa shape index (κ3) is 4.27. The molecular weight excluding hydrogens is 308 g/mol. The highest BCUT2D eigenvalue weighted by Crippen LogP contribution is 2.37. The summed E-state index contributed by atoms with van der Waals surface area (Å²) in [5.41, 5.74) is 0.326. The van der Waals surface area contributed by atoms with E-state index in [1.54, 1.807) is 6.07 Å². The van der Waals surface area contributed by atoms with Crippen molar-refractivity contribution in [1.82, 2.24) is 10.6 Å². The second-order valence-corrected chi connectivity index (χ2v) is 5.65. The molecule has 1 aliphatic heterocycles. The van der Waals surface area contributed by atoms with Crippen LogP contribution in [0, 0.1) is 0 Å². The zero-order valence-corrected chi connectivity index (χ0v) is 13.3. The number of halogens is 1. The van der Waals surface area contributed by atoms with Crippen molar-refractivity contribution in [3.8, 4) is 11.5 Å². The largest absolute Gasteiger partial charge is 0.489 e. The maximum Gasteiger partial charge on any atom is 0.251 e. The number of hydrogen-bond acceptors (Lipinski definition) is 4. The van der Waals surface area contributed by atoms with E-state index in [1.807, 2.05) is 13.8 Å². The maximum atomic E-state index is 12.1. The van der Waals surface area contributed by atoms with E-state index in [0.29, 0.717) is 35.3 Å². The number of benzene rings is 1. The Hall–Kier alpha value is -1.95. The van der Waals surface area contributed by atoms with Crippen molar-refractivity contribution in [2.24, 2.45) is 0 Å². The molecule has 1 aromatic carbocycles. The van der Waals surface area contributed by atoms with E-state index in [9.17, 15) is 9.59 Å². The molecule has 2 amide bonds. The molecule has 2 N–H and O–H groups in total. The highest BCUT2D eigenvalue weighted by atomic mass is 35.5. The van der Waals surface area contributed by atoms with Crippen molar-refractivity contribution < 1.29 is 19.1 Å². The average molecular weight is 327 g/mol. The fourth-order valence-corrected chi connectivity index (χ4v) is 2.26. The lowest BCUT2D eigenvalue weighted by Gasteiger charge is -2.12. The summed E-state index contributed by atoms with van der Waals surface area (Å²) in [6.45, 7) is 4.63. The van der Waals surface area contributed by atoms with Gasteiger partial charge in [0.2, 0.25) is 5.91 Å². The molecule has 6 nitrogen and oxygen atoms in total. The lowest BCUT2D eigenvalue weighted by atomic mass is 10.2. The van der Waals surface area contributed by atoms with Gasteiger partial charge in [0, 0.05) is 18.0 Å². The third-order valence-electron chi connectivity index (χ3n) is 2.92. The number of rotatable bonds is 4. The van der Waals surface area contributed by atoms with Crippen molar-refractivity contribution in [3.63, 3.8) is 0 Å². The average Bonchev–Trinajstić information content (AvgIpc) is 2.69. The smallest absolute Gasteiger partial charge is 0.251 e. The van der Waals surface area contributed by atoms with Gasteiger partial charge in [-0.25, -0.2) is 0 Å². The van der Waals surface area contributed by atoms with Gasteiger partial charge in [0.05, 0.1) is 24.8 Å². The van der Waals surface area contributed by atoms with Gasteiger partial charge in [-0.15, -0.1) is 0 Å². The van der Waals surface area contributed by atoms with Gasteiger partial charge in [0.1, 0.15) is 0 Å². The van der Waals surface area contributed by atoms with Gasteiger partial charge in [-0.2, -0.15) is 0 Å². The molecule has 0 atom stereocenters. The Morgan fingerprint density at radius 3 is 2.73 bits per heavy atom. The van der Waals surface area contributed by atoms with Crippen LogP contribution in [0.4, 0.5) is 0 Å². The Kier molecular flexibility index (Phi) is 5.49. The minimum Gasteiger partial charge on any atom is -0.489 e. The monoisotopic (exact) mass is 326 g/mol. The highest BCUT2D eigenvalue weighted by Gasteiger charge is 2.18. The number of hydrogen-bond donors (Lipinski definition) is 2. The zero-order chi connectivity index (χ0) is 16.1. The van der Waals surface area contributed by atoms with Gasteiger partial charge >= 0.3 is 0 Å². The summed E-state index contributed by atoms with van der Waals surface area (Å²) in [7, 11) is 0. The SMILES string of the molecule is CC(C)NC(=O)CNC(=O)c1cc(Cl)c2c(c1)OCCCO2. The Labute approximate surface area is 134 Å². The van der Waals surface area contributed by atoms with Crippen LogP contribution in [0.2, 0.25) is 5.02 Å². The van der Waals surface area contributed by atoms with E-state index >= 15 is 0 Å². The van der Waals surface area contributed by atoms with Crippen LogP contribution in [0.15, 0.2) is 12.1 Å². The fourth-order valence-electron chi connectivity index (χ4n) is 2.00. The van der Waals surface area contributed by atoms with Crippen LogP contribution in [-0.4, -0.2) is 37.6 Å². The topological polar surface area (TPSA) is 76.7 Å². The predicted octanol–water partition coefficient (Wildman–Crippen LogP) is 1.76. The van der Waals surface area contributed by atoms with Gasteiger partial charge < -0.3 is 20.1 Å². The van der Waals surface area contributed by atoms with Crippen LogP contribution < -0.4 is 20.1 Å². The molecule has 1 heterocycles. The highest BCUT2D eigenvalue weighted by molar-refractivity contribution is 6.32. The molecule has 0 saturated carbocycles. The minimum absolute atomic E-state index is 0.0249. The van der Waals surface area contributed by atoms with E-state index in [-0.39, 0.29) is 18.5 Å². The number of fused-ring (bicyclic) bond motifs is 1. The van der Waals surface area contributed by atoms with E-state index in [0.717, 1.165) is 6.42 Å². The van der Waals surface area contributed by atoms with Crippen LogP contribution in [0.1, 0.15) is 30.6 Å². The first-order valence-electron chi connectivity index (χ1n) is 7.14. The molecule has 0 radical (unpaired) electrons. The second kappa shape index (κ2) is 7.35. The molecule has 1 aromatic rings. The Morgan fingerprint density at radius 1 is 1.27 bits per heavy atom. The van der Waals surface area contributed by atoms with Crippen LogP contribution >= 0.6 is 11.6 Å². The zero-order valence-electron chi connectivity index (χ0n) is 12.6. The summed E-state index contributed by atoms with van der Waals surface area (Å²) >= 11 is 6.13. The van der Waals surface area contributed by atoms with Gasteiger partial charge in [-0.3, -0.25) is 9.59 Å². The molecule has 0 unspecified atom stereocenters. The molecule has 120 valence electrons. The summed E-state index contributed by atoms with van der Waals surface area (Å²) in [6.07, 6.45) is 0.752. The first-order chi connectivity index (χ1) is 10.5. The summed E-state index contributed by atoms with van der Waals surface area (Å²) in [6, 6.07) is 3.10. The van der Waals surface area contributed by atoms with Crippen molar-refractivity contribution in [1.29, 1.82) is 0 Å². The first kappa shape index (κ1) is 16.4. The minimum atomic E-state index is -0.392. The fraction of sp³-hybridized carbons (Fsp3) is 0.467. The molecule has 0 aliphatic carbocycles. The molecule has 0 aromatic heterocycles. The Morgan fingerprint density at radius 2 is 2.00 bits per heavy atom. The standard InChI is InChI=1S/C15H19ClN2O4/c1-9(2)18-13(19)8-17-15(20)10-6-11(16)14-12(7-10)21-4-3-5-22-14/h6-7,9H,3-5,8H2,1-2H3,(H,17,20)(H,18,19).